The number of anilines is 2. The molecule has 102 valence electrons. The lowest BCUT2D eigenvalue weighted by Crippen LogP contribution is -2.28. The van der Waals surface area contributed by atoms with E-state index in [1.54, 1.807) is 12.4 Å². The molecule has 1 heterocycles. The molecule has 1 aromatic heterocycles. The van der Waals surface area contributed by atoms with Crippen LogP contribution in [0.5, 0.6) is 0 Å². The molecule has 1 rings (SSSR count). The molecular weight excluding hydrogens is 224 g/mol. The van der Waals surface area contributed by atoms with Crippen molar-refractivity contribution in [2.45, 2.75) is 40.5 Å². The molecule has 0 fully saturated rings. The Bertz CT molecular complexity index is 337. The van der Waals surface area contributed by atoms with E-state index >= 15 is 0 Å². The van der Waals surface area contributed by atoms with Crippen LogP contribution in [0.15, 0.2) is 12.4 Å². The monoisotopic (exact) mass is 250 g/mol. The molecule has 0 saturated heterocycles. The third kappa shape index (κ3) is 5.34. The van der Waals surface area contributed by atoms with E-state index in [9.17, 15) is 0 Å². The van der Waals surface area contributed by atoms with Gasteiger partial charge in [-0.25, -0.2) is 4.98 Å². The van der Waals surface area contributed by atoms with Gasteiger partial charge in [-0.05, 0) is 24.7 Å². The molecule has 2 N–H and O–H groups in total. The maximum Gasteiger partial charge on any atom is 0.149 e. The molecule has 4 nitrogen and oxygen atoms in total. The molecule has 1 aromatic rings. The van der Waals surface area contributed by atoms with Gasteiger partial charge < -0.3 is 10.6 Å². The Hall–Kier alpha value is -1.32. The van der Waals surface area contributed by atoms with Crippen molar-refractivity contribution in [1.82, 2.24) is 9.97 Å². The van der Waals surface area contributed by atoms with Crippen molar-refractivity contribution in [2.75, 3.05) is 23.7 Å². The lowest BCUT2D eigenvalue weighted by Gasteiger charge is -2.25. The maximum atomic E-state index is 5.71. The van der Waals surface area contributed by atoms with Gasteiger partial charge in [-0.3, -0.25) is 4.98 Å². The summed E-state index contributed by atoms with van der Waals surface area (Å²) in [5, 5.41) is 0. The first-order valence-electron chi connectivity index (χ1n) is 6.81. The molecule has 0 aromatic carbocycles. The molecular formula is C14H26N4. The Morgan fingerprint density at radius 1 is 1.06 bits per heavy atom. The Morgan fingerprint density at radius 3 is 2.06 bits per heavy atom. The highest BCUT2D eigenvalue weighted by molar-refractivity contribution is 5.41. The van der Waals surface area contributed by atoms with Crippen molar-refractivity contribution < 1.29 is 0 Å². The summed E-state index contributed by atoms with van der Waals surface area (Å²) in [6, 6.07) is 0. The van der Waals surface area contributed by atoms with E-state index in [2.05, 4.69) is 42.6 Å². The molecule has 0 aliphatic carbocycles. The van der Waals surface area contributed by atoms with E-state index in [1.807, 2.05) is 0 Å². The Balaban J connectivity index is 2.69. The van der Waals surface area contributed by atoms with E-state index in [-0.39, 0.29) is 0 Å². The smallest absolute Gasteiger partial charge is 0.149 e. The molecule has 0 aliphatic rings. The second-order valence-corrected chi connectivity index (χ2v) is 5.65. The third-order valence-corrected chi connectivity index (χ3v) is 2.92. The lowest BCUT2D eigenvalue weighted by molar-refractivity contribution is 0.532. The van der Waals surface area contributed by atoms with Gasteiger partial charge in [-0.1, -0.05) is 27.7 Å². The van der Waals surface area contributed by atoms with Crippen molar-refractivity contribution in [3.63, 3.8) is 0 Å². The van der Waals surface area contributed by atoms with Crippen LogP contribution in [-0.4, -0.2) is 23.1 Å². The van der Waals surface area contributed by atoms with Crippen molar-refractivity contribution in [2.24, 2.45) is 11.8 Å². The van der Waals surface area contributed by atoms with Gasteiger partial charge in [-0.2, -0.15) is 0 Å². The maximum absolute atomic E-state index is 5.71. The number of nitrogens with zero attached hydrogens (tertiary/aromatic N) is 3. The summed E-state index contributed by atoms with van der Waals surface area (Å²) < 4.78 is 0. The number of nitrogens with two attached hydrogens (primary N) is 1. The molecule has 4 heteroatoms. The molecule has 0 atom stereocenters. The molecule has 0 amide bonds. The number of rotatable bonds is 7. The second kappa shape index (κ2) is 7.19. The van der Waals surface area contributed by atoms with Crippen LogP contribution in [-0.2, 0) is 0 Å². The standard InChI is InChI=1S/C14H26N4/c1-11(2)5-7-18(8-6-12(3)4)14-10-16-9-13(15)17-14/h9-12H,5-8H2,1-4H3,(H2,15,17). The Morgan fingerprint density at radius 2 is 1.61 bits per heavy atom. The zero-order valence-electron chi connectivity index (χ0n) is 12.1. The molecule has 0 unspecified atom stereocenters. The van der Waals surface area contributed by atoms with Gasteiger partial charge in [0.2, 0.25) is 0 Å². The van der Waals surface area contributed by atoms with Gasteiger partial charge in [0.25, 0.3) is 0 Å². The minimum Gasteiger partial charge on any atom is -0.382 e. The zero-order chi connectivity index (χ0) is 13.5. The minimum absolute atomic E-state index is 0.492. The van der Waals surface area contributed by atoms with Crippen molar-refractivity contribution in [3.05, 3.63) is 12.4 Å². The van der Waals surface area contributed by atoms with E-state index in [0.29, 0.717) is 17.7 Å². The van der Waals surface area contributed by atoms with Gasteiger partial charge in [-0.15, -0.1) is 0 Å². The summed E-state index contributed by atoms with van der Waals surface area (Å²) in [7, 11) is 0. The van der Waals surface area contributed by atoms with E-state index < -0.39 is 0 Å². The summed E-state index contributed by atoms with van der Waals surface area (Å²) in [6.45, 7) is 11.0. The first-order valence-corrected chi connectivity index (χ1v) is 6.81. The number of aromatic nitrogens is 2. The van der Waals surface area contributed by atoms with Crippen LogP contribution in [0.4, 0.5) is 11.6 Å². The van der Waals surface area contributed by atoms with Crippen LogP contribution in [0.2, 0.25) is 0 Å². The van der Waals surface area contributed by atoms with Crippen LogP contribution in [0, 0.1) is 11.8 Å². The first kappa shape index (κ1) is 14.7. The zero-order valence-corrected chi connectivity index (χ0v) is 12.1. The van der Waals surface area contributed by atoms with Crippen molar-refractivity contribution >= 4 is 11.6 Å². The molecule has 0 bridgehead atoms. The number of nitrogen functional groups attached to an aromatic ring is 1. The summed E-state index contributed by atoms with van der Waals surface area (Å²) in [5.74, 6) is 2.78. The first-order chi connectivity index (χ1) is 8.49. The van der Waals surface area contributed by atoms with Crippen molar-refractivity contribution in [3.8, 4) is 0 Å². The van der Waals surface area contributed by atoms with E-state index in [4.69, 9.17) is 5.73 Å². The lowest BCUT2D eigenvalue weighted by atomic mass is 10.1. The topological polar surface area (TPSA) is 55.0 Å². The Kier molecular flexibility index (Phi) is 5.89. The molecule has 18 heavy (non-hydrogen) atoms. The van der Waals surface area contributed by atoms with Gasteiger partial charge in [0, 0.05) is 13.1 Å². The van der Waals surface area contributed by atoms with Crippen LogP contribution >= 0.6 is 0 Å². The van der Waals surface area contributed by atoms with Crippen LogP contribution in [0.25, 0.3) is 0 Å². The van der Waals surface area contributed by atoms with E-state index in [1.165, 1.54) is 0 Å². The highest BCUT2D eigenvalue weighted by Gasteiger charge is 2.10. The van der Waals surface area contributed by atoms with Gasteiger partial charge >= 0.3 is 0 Å². The summed E-state index contributed by atoms with van der Waals surface area (Å²) in [5.41, 5.74) is 5.71. The molecule has 0 aliphatic heterocycles. The van der Waals surface area contributed by atoms with Gasteiger partial charge in [0.1, 0.15) is 11.6 Å². The fraction of sp³-hybridized carbons (Fsp3) is 0.714. The van der Waals surface area contributed by atoms with Gasteiger partial charge in [0.15, 0.2) is 0 Å². The van der Waals surface area contributed by atoms with Crippen LogP contribution < -0.4 is 10.6 Å². The van der Waals surface area contributed by atoms with Crippen LogP contribution in [0.3, 0.4) is 0 Å². The fourth-order valence-corrected chi connectivity index (χ4v) is 1.69. The molecule has 0 spiro atoms. The average Bonchev–Trinajstić information content (AvgIpc) is 2.28. The number of hydrogen-bond acceptors (Lipinski definition) is 4. The average molecular weight is 250 g/mol. The quantitative estimate of drug-likeness (QED) is 0.808. The summed E-state index contributed by atoms with van der Waals surface area (Å²) in [6.07, 6.45) is 5.72. The highest BCUT2D eigenvalue weighted by atomic mass is 15.2. The highest BCUT2D eigenvalue weighted by Crippen LogP contribution is 2.15. The SMILES string of the molecule is CC(C)CCN(CCC(C)C)c1cncc(N)n1. The van der Waals surface area contributed by atoms with Gasteiger partial charge in [0.05, 0.1) is 12.4 Å². The fourth-order valence-electron chi connectivity index (χ4n) is 1.69. The van der Waals surface area contributed by atoms with Crippen LogP contribution in [0.1, 0.15) is 40.5 Å². The minimum atomic E-state index is 0.492. The molecule has 0 radical (unpaired) electrons. The van der Waals surface area contributed by atoms with E-state index in [0.717, 1.165) is 31.7 Å². The number of hydrogen-bond donors (Lipinski definition) is 1. The third-order valence-electron chi connectivity index (χ3n) is 2.92. The predicted molar refractivity (Wildman–Crippen MR) is 77.6 cm³/mol. The summed E-state index contributed by atoms with van der Waals surface area (Å²) in [4.78, 5) is 10.8. The normalized spacial score (nSPS) is 11.2. The molecule has 0 saturated carbocycles. The summed E-state index contributed by atoms with van der Waals surface area (Å²) >= 11 is 0. The largest absolute Gasteiger partial charge is 0.382 e. The van der Waals surface area contributed by atoms with Crippen molar-refractivity contribution in [1.29, 1.82) is 0 Å². The Labute approximate surface area is 111 Å². The second-order valence-electron chi connectivity index (χ2n) is 5.65. The predicted octanol–water partition coefficient (Wildman–Crippen LogP) is 2.96.